The van der Waals surface area contributed by atoms with Crippen LogP contribution < -0.4 is 0 Å². The number of hydrogen-bond donors (Lipinski definition) is 0. The van der Waals surface area contributed by atoms with Crippen molar-refractivity contribution in [3.63, 3.8) is 0 Å². The van der Waals surface area contributed by atoms with Crippen molar-refractivity contribution in [2.24, 2.45) is 0 Å². The van der Waals surface area contributed by atoms with Crippen molar-refractivity contribution < 1.29 is 18.5 Å². The van der Waals surface area contributed by atoms with E-state index in [0.29, 0.717) is 11.3 Å². The maximum absolute atomic E-state index is 13.5. The molecule has 3 rings (SSSR count). The van der Waals surface area contributed by atoms with Gasteiger partial charge in [0.1, 0.15) is 11.6 Å². The van der Waals surface area contributed by atoms with Crippen molar-refractivity contribution in [1.82, 2.24) is 4.90 Å². The van der Waals surface area contributed by atoms with Gasteiger partial charge in [-0.3, -0.25) is 14.9 Å². The van der Waals surface area contributed by atoms with Crippen LogP contribution in [0.2, 0.25) is 5.02 Å². The molecule has 0 fully saturated rings. The number of nitro groups is 1. The molecule has 0 spiro atoms. The molecular weight excluding hydrogens is 375 g/mol. The lowest BCUT2D eigenvalue weighted by molar-refractivity contribution is -0.384. The van der Waals surface area contributed by atoms with Gasteiger partial charge < -0.3 is 9.32 Å². The molecule has 0 aliphatic rings. The number of carbonyl (C=O) groups excluding carboxylic acids is 1. The topological polar surface area (TPSA) is 76.6 Å². The summed E-state index contributed by atoms with van der Waals surface area (Å²) in [4.78, 5) is 24.8. The Balaban J connectivity index is 1.95. The zero-order valence-corrected chi connectivity index (χ0v) is 14.7. The van der Waals surface area contributed by atoms with Gasteiger partial charge in [0.05, 0.1) is 28.3 Å². The molecule has 138 valence electrons. The van der Waals surface area contributed by atoms with E-state index >= 15 is 0 Å². The molecule has 2 aromatic carbocycles. The van der Waals surface area contributed by atoms with Crippen LogP contribution in [0.3, 0.4) is 0 Å². The summed E-state index contributed by atoms with van der Waals surface area (Å²) < 4.78 is 18.8. The molecule has 0 aliphatic carbocycles. The number of halogens is 2. The molecule has 0 saturated carbocycles. The van der Waals surface area contributed by atoms with E-state index in [1.807, 2.05) is 0 Å². The molecule has 0 atom stereocenters. The van der Waals surface area contributed by atoms with E-state index in [2.05, 4.69) is 0 Å². The van der Waals surface area contributed by atoms with E-state index in [0.717, 1.165) is 6.07 Å². The van der Waals surface area contributed by atoms with Gasteiger partial charge in [0.25, 0.3) is 11.6 Å². The number of benzene rings is 2. The van der Waals surface area contributed by atoms with Crippen LogP contribution >= 0.6 is 11.6 Å². The predicted octanol–water partition coefficient (Wildman–Crippen LogP) is 4.82. The fourth-order valence-electron chi connectivity index (χ4n) is 2.61. The van der Waals surface area contributed by atoms with Gasteiger partial charge in [0.15, 0.2) is 0 Å². The van der Waals surface area contributed by atoms with Gasteiger partial charge in [-0.25, -0.2) is 4.39 Å². The minimum Gasteiger partial charge on any atom is -0.467 e. The summed E-state index contributed by atoms with van der Waals surface area (Å²) >= 11 is 6.10. The standard InChI is InChI=1S/C19H14ClFN2O4/c20-18-7-6-15(23(25)26)10-17(18)19(24)22(12-16-5-2-8-27-16)11-13-3-1-4-14(21)9-13/h1-10H,11-12H2. The first-order chi connectivity index (χ1) is 12.9. The quantitative estimate of drug-likeness (QED) is 0.448. The van der Waals surface area contributed by atoms with Crippen LogP contribution in [0.25, 0.3) is 0 Å². The summed E-state index contributed by atoms with van der Waals surface area (Å²) in [7, 11) is 0. The van der Waals surface area contributed by atoms with Crippen LogP contribution in [0.15, 0.2) is 65.3 Å². The van der Waals surface area contributed by atoms with Crippen molar-refractivity contribution in [3.8, 4) is 0 Å². The normalized spacial score (nSPS) is 10.6. The molecule has 0 saturated heterocycles. The predicted molar refractivity (Wildman–Crippen MR) is 96.8 cm³/mol. The number of amides is 1. The lowest BCUT2D eigenvalue weighted by atomic mass is 10.1. The molecule has 1 aromatic heterocycles. The molecule has 3 aromatic rings. The second kappa shape index (κ2) is 8.01. The molecule has 1 heterocycles. The average molecular weight is 389 g/mol. The molecule has 6 nitrogen and oxygen atoms in total. The third-order valence-electron chi connectivity index (χ3n) is 3.87. The second-order valence-electron chi connectivity index (χ2n) is 5.79. The van der Waals surface area contributed by atoms with Crippen LogP contribution in [0.4, 0.5) is 10.1 Å². The fourth-order valence-corrected chi connectivity index (χ4v) is 2.81. The minimum absolute atomic E-state index is 0.00572. The molecule has 0 bridgehead atoms. The van der Waals surface area contributed by atoms with Gasteiger partial charge in [-0.05, 0) is 35.9 Å². The summed E-state index contributed by atoms with van der Waals surface area (Å²) in [6.45, 7) is 0.178. The third kappa shape index (κ3) is 4.51. The largest absolute Gasteiger partial charge is 0.467 e. The molecule has 0 aliphatic heterocycles. The second-order valence-corrected chi connectivity index (χ2v) is 6.20. The average Bonchev–Trinajstić information content (AvgIpc) is 3.14. The van der Waals surface area contributed by atoms with E-state index in [4.69, 9.17) is 16.0 Å². The van der Waals surface area contributed by atoms with Gasteiger partial charge in [-0.2, -0.15) is 0 Å². The van der Waals surface area contributed by atoms with Crippen LogP contribution in [-0.2, 0) is 13.1 Å². The number of rotatable bonds is 6. The Labute approximate surface area is 158 Å². The SMILES string of the molecule is O=C(c1cc([N+](=O)[O-])ccc1Cl)N(Cc1cccc(F)c1)Cc1ccco1. The van der Waals surface area contributed by atoms with Crippen molar-refractivity contribution in [2.45, 2.75) is 13.1 Å². The molecule has 27 heavy (non-hydrogen) atoms. The molecule has 8 heteroatoms. The van der Waals surface area contributed by atoms with Crippen molar-refractivity contribution in [2.75, 3.05) is 0 Å². The number of furan rings is 1. The van der Waals surface area contributed by atoms with E-state index < -0.39 is 16.6 Å². The highest BCUT2D eigenvalue weighted by Gasteiger charge is 2.23. The lowest BCUT2D eigenvalue weighted by Gasteiger charge is -2.22. The van der Waals surface area contributed by atoms with Crippen LogP contribution in [0, 0.1) is 15.9 Å². The Morgan fingerprint density at radius 2 is 1.96 bits per heavy atom. The van der Waals surface area contributed by atoms with Gasteiger partial charge >= 0.3 is 0 Å². The van der Waals surface area contributed by atoms with E-state index in [9.17, 15) is 19.3 Å². The highest BCUT2D eigenvalue weighted by molar-refractivity contribution is 6.33. The van der Waals surface area contributed by atoms with Gasteiger partial charge in [-0.1, -0.05) is 23.7 Å². The number of carbonyl (C=O) groups is 1. The monoisotopic (exact) mass is 388 g/mol. The van der Waals surface area contributed by atoms with Crippen LogP contribution in [0.5, 0.6) is 0 Å². The zero-order chi connectivity index (χ0) is 19.4. The summed E-state index contributed by atoms with van der Waals surface area (Å²) in [5.74, 6) is -0.433. The van der Waals surface area contributed by atoms with Crippen LogP contribution in [0.1, 0.15) is 21.7 Å². The van der Waals surface area contributed by atoms with Crippen molar-refractivity contribution in [1.29, 1.82) is 0 Å². The first kappa shape index (κ1) is 18.6. The molecule has 1 amide bonds. The number of hydrogen-bond acceptors (Lipinski definition) is 4. The maximum atomic E-state index is 13.5. The number of non-ortho nitro benzene ring substituents is 1. The van der Waals surface area contributed by atoms with Gasteiger partial charge in [0.2, 0.25) is 0 Å². The molecule has 0 radical (unpaired) electrons. The maximum Gasteiger partial charge on any atom is 0.270 e. The van der Waals surface area contributed by atoms with Gasteiger partial charge in [-0.15, -0.1) is 0 Å². The first-order valence-corrected chi connectivity index (χ1v) is 8.32. The summed E-state index contributed by atoms with van der Waals surface area (Å²) in [5.41, 5.74) is 0.316. The minimum atomic E-state index is -0.601. The third-order valence-corrected chi connectivity index (χ3v) is 4.20. The Hall–Kier alpha value is -3.19. The van der Waals surface area contributed by atoms with E-state index in [1.54, 1.807) is 24.3 Å². The summed E-state index contributed by atoms with van der Waals surface area (Å²) in [6, 6.07) is 12.9. The van der Waals surface area contributed by atoms with Crippen molar-refractivity contribution in [3.05, 3.63) is 98.7 Å². The highest BCUT2D eigenvalue weighted by Crippen LogP contribution is 2.25. The molecule has 0 unspecified atom stereocenters. The Bertz CT molecular complexity index is 976. The lowest BCUT2D eigenvalue weighted by Crippen LogP contribution is -2.30. The fraction of sp³-hybridized carbons (Fsp3) is 0.105. The van der Waals surface area contributed by atoms with E-state index in [1.165, 1.54) is 35.4 Å². The number of nitro benzene ring substituents is 1. The van der Waals surface area contributed by atoms with E-state index in [-0.39, 0.29) is 29.4 Å². The Kier molecular flexibility index (Phi) is 5.52. The smallest absolute Gasteiger partial charge is 0.270 e. The summed E-state index contributed by atoms with van der Waals surface area (Å²) in [5, 5.41) is 11.1. The number of nitrogens with zero attached hydrogens (tertiary/aromatic N) is 2. The molecule has 0 N–H and O–H groups in total. The zero-order valence-electron chi connectivity index (χ0n) is 14.0. The first-order valence-electron chi connectivity index (χ1n) is 7.94. The Morgan fingerprint density at radius 1 is 1.15 bits per heavy atom. The van der Waals surface area contributed by atoms with Crippen LogP contribution in [-0.4, -0.2) is 15.7 Å². The van der Waals surface area contributed by atoms with Crippen molar-refractivity contribution >= 4 is 23.2 Å². The molecular formula is C19H14ClFN2O4. The van der Waals surface area contributed by atoms with Gasteiger partial charge in [0, 0.05) is 18.7 Å². The summed E-state index contributed by atoms with van der Waals surface area (Å²) in [6.07, 6.45) is 1.47. The Morgan fingerprint density at radius 3 is 2.63 bits per heavy atom. The highest BCUT2D eigenvalue weighted by atomic mass is 35.5.